The van der Waals surface area contributed by atoms with Crippen molar-refractivity contribution in [2.45, 2.75) is 45.7 Å². The van der Waals surface area contributed by atoms with Crippen LogP contribution in [0.3, 0.4) is 0 Å². The summed E-state index contributed by atoms with van der Waals surface area (Å²) >= 11 is 0. The first-order valence-electron chi connectivity index (χ1n) is 6.73. The van der Waals surface area contributed by atoms with E-state index in [1.165, 1.54) is 37.2 Å². The number of aryl methyl sites for hydroxylation is 1. The number of piperidine rings is 1. The van der Waals surface area contributed by atoms with Gasteiger partial charge in [0, 0.05) is 30.9 Å². The Hall–Kier alpha value is -1.02. The SMILES string of the molecule is Cc1ccc(N2CCC(NC(C)C)CC2)cc1. The summed E-state index contributed by atoms with van der Waals surface area (Å²) in [6.45, 7) is 8.95. The van der Waals surface area contributed by atoms with Crippen LogP contribution in [0.5, 0.6) is 0 Å². The highest BCUT2D eigenvalue weighted by molar-refractivity contribution is 5.47. The van der Waals surface area contributed by atoms with E-state index in [0.29, 0.717) is 12.1 Å². The van der Waals surface area contributed by atoms with Crippen LogP contribution in [0.4, 0.5) is 5.69 Å². The molecule has 1 aliphatic heterocycles. The molecule has 1 aromatic rings. The van der Waals surface area contributed by atoms with Crippen molar-refractivity contribution in [2.75, 3.05) is 18.0 Å². The Morgan fingerprint density at radius 2 is 1.71 bits per heavy atom. The average molecular weight is 232 g/mol. The van der Waals surface area contributed by atoms with Gasteiger partial charge in [-0.25, -0.2) is 0 Å². The number of benzene rings is 1. The maximum absolute atomic E-state index is 3.64. The topological polar surface area (TPSA) is 15.3 Å². The largest absolute Gasteiger partial charge is 0.371 e. The van der Waals surface area contributed by atoms with E-state index in [2.05, 4.69) is 55.3 Å². The van der Waals surface area contributed by atoms with Gasteiger partial charge in [-0.1, -0.05) is 31.5 Å². The van der Waals surface area contributed by atoms with Crippen molar-refractivity contribution in [1.29, 1.82) is 0 Å². The van der Waals surface area contributed by atoms with Crippen LogP contribution in [0.1, 0.15) is 32.3 Å². The minimum Gasteiger partial charge on any atom is -0.371 e. The van der Waals surface area contributed by atoms with Crippen LogP contribution >= 0.6 is 0 Å². The van der Waals surface area contributed by atoms with Crippen LogP contribution in [0.15, 0.2) is 24.3 Å². The van der Waals surface area contributed by atoms with Crippen LogP contribution in [-0.2, 0) is 0 Å². The minimum atomic E-state index is 0.603. The molecule has 94 valence electrons. The van der Waals surface area contributed by atoms with Crippen LogP contribution in [0.25, 0.3) is 0 Å². The molecule has 0 spiro atoms. The second-order valence-electron chi connectivity index (χ2n) is 5.42. The molecule has 0 saturated carbocycles. The quantitative estimate of drug-likeness (QED) is 0.862. The molecule has 0 unspecified atom stereocenters. The molecule has 1 aromatic carbocycles. The summed E-state index contributed by atoms with van der Waals surface area (Å²) in [6.07, 6.45) is 2.51. The third-order valence-corrected chi connectivity index (χ3v) is 3.46. The summed E-state index contributed by atoms with van der Waals surface area (Å²) in [5.74, 6) is 0. The fraction of sp³-hybridized carbons (Fsp3) is 0.600. The van der Waals surface area contributed by atoms with Gasteiger partial charge in [0.25, 0.3) is 0 Å². The molecule has 1 heterocycles. The highest BCUT2D eigenvalue weighted by atomic mass is 15.1. The predicted octanol–water partition coefficient (Wildman–Crippen LogP) is 2.96. The van der Waals surface area contributed by atoms with Gasteiger partial charge >= 0.3 is 0 Å². The maximum atomic E-state index is 3.64. The zero-order valence-electron chi connectivity index (χ0n) is 11.2. The fourth-order valence-electron chi connectivity index (χ4n) is 2.53. The van der Waals surface area contributed by atoms with E-state index in [1.54, 1.807) is 0 Å². The average Bonchev–Trinajstić information content (AvgIpc) is 2.30. The van der Waals surface area contributed by atoms with Gasteiger partial charge in [-0.2, -0.15) is 0 Å². The first kappa shape index (κ1) is 12.4. The van der Waals surface area contributed by atoms with Crippen molar-refractivity contribution in [1.82, 2.24) is 5.32 Å². The van der Waals surface area contributed by atoms with Gasteiger partial charge in [0.05, 0.1) is 0 Å². The van der Waals surface area contributed by atoms with Crippen molar-refractivity contribution in [3.63, 3.8) is 0 Å². The number of anilines is 1. The summed E-state index contributed by atoms with van der Waals surface area (Å²) in [4.78, 5) is 2.50. The molecular weight excluding hydrogens is 208 g/mol. The van der Waals surface area contributed by atoms with Crippen LogP contribution in [-0.4, -0.2) is 25.2 Å². The minimum absolute atomic E-state index is 0.603. The number of nitrogens with zero attached hydrogens (tertiary/aromatic N) is 1. The molecule has 2 heteroatoms. The molecule has 1 N–H and O–H groups in total. The van der Waals surface area contributed by atoms with E-state index in [0.717, 1.165) is 0 Å². The van der Waals surface area contributed by atoms with Crippen molar-refractivity contribution in [3.05, 3.63) is 29.8 Å². The third kappa shape index (κ3) is 3.47. The molecule has 0 bridgehead atoms. The summed E-state index contributed by atoms with van der Waals surface area (Å²) in [6, 6.07) is 10.2. The first-order chi connectivity index (χ1) is 8.15. The highest BCUT2D eigenvalue weighted by Gasteiger charge is 2.19. The Balaban J connectivity index is 1.88. The Bertz CT molecular complexity index is 334. The Morgan fingerprint density at radius 3 is 2.24 bits per heavy atom. The van der Waals surface area contributed by atoms with E-state index < -0.39 is 0 Å². The van der Waals surface area contributed by atoms with E-state index >= 15 is 0 Å². The van der Waals surface area contributed by atoms with Crippen LogP contribution < -0.4 is 10.2 Å². The van der Waals surface area contributed by atoms with Gasteiger partial charge < -0.3 is 10.2 Å². The van der Waals surface area contributed by atoms with Gasteiger partial charge in [0.15, 0.2) is 0 Å². The van der Waals surface area contributed by atoms with E-state index in [1.807, 2.05) is 0 Å². The van der Waals surface area contributed by atoms with Crippen molar-refractivity contribution in [3.8, 4) is 0 Å². The fourth-order valence-corrected chi connectivity index (χ4v) is 2.53. The Morgan fingerprint density at radius 1 is 1.12 bits per heavy atom. The van der Waals surface area contributed by atoms with E-state index in [4.69, 9.17) is 0 Å². The predicted molar refractivity (Wildman–Crippen MR) is 74.7 cm³/mol. The molecule has 1 fully saturated rings. The molecule has 2 nitrogen and oxygen atoms in total. The molecule has 0 aliphatic carbocycles. The van der Waals surface area contributed by atoms with Crippen molar-refractivity contribution >= 4 is 5.69 Å². The smallest absolute Gasteiger partial charge is 0.0366 e. The third-order valence-electron chi connectivity index (χ3n) is 3.46. The van der Waals surface area contributed by atoms with Crippen molar-refractivity contribution < 1.29 is 0 Å². The number of hydrogen-bond donors (Lipinski definition) is 1. The number of rotatable bonds is 3. The normalized spacial score (nSPS) is 17.8. The first-order valence-corrected chi connectivity index (χ1v) is 6.73. The summed E-state index contributed by atoms with van der Waals surface area (Å²) in [7, 11) is 0. The second kappa shape index (κ2) is 5.54. The van der Waals surface area contributed by atoms with Gasteiger partial charge in [-0.15, -0.1) is 0 Å². The molecule has 0 aromatic heterocycles. The lowest BCUT2D eigenvalue weighted by molar-refractivity contribution is 0.387. The zero-order valence-corrected chi connectivity index (χ0v) is 11.2. The van der Waals surface area contributed by atoms with Gasteiger partial charge in [0.1, 0.15) is 0 Å². The number of hydrogen-bond acceptors (Lipinski definition) is 2. The lowest BCUT2D eigenvalue weighted by Gasteiger charge is -2.35. The van der Waals surface area contributed by atoms with Gasteiger partial charge in [0.2, 0.25) is 0 Å². The molecular formula is C15H24N2. The van der Waals surface area contributed by atoms with Gasteiger partial charge in [-0.3, -0.25) is 0 Å². The molecule has 1 aliphatic rings. The molecule has 0 radical (unpaired) electrons. The van der Waals surface area contributed by atoms with Crippen molar-refractivity contribution in [2.24, 2.45) is 0 Å². The zero-order chi connectivity index (χ0) is 12.3. The summed E-state index contributed by atoms with van der Waals surface area (Å²) in [5.41, 5.74) is 2.71. The Kier molecular flexibility index (Phi) is 4.06. The maximum Gasteiger partial charge on any atom is 0.0366 e. The molecule has 2 rings (SSSR count). The molecule has 17 heavy (non-hydrogen) atoms. The Labute approximate surface area is 105 Å². The monoisotopic (exact) mass is 232 g/mol. The molecule has 1 saturated heterocycles. The lowest BCUT2D eigenvalue weighted by Crippen LogP contribution is -2.44. The van der Waals surface area contributed by atoms with E-state index in [9.17, 15) is 0 Å². The highest BCUT2D eigenvalue weighted by Crippen LogP contribution is 2.20. The second-order valence-corrected chi connectivity index (χ2v) is 5.42. The standard InChI is InChI=1S/C15H24N2/c1-12(2)16-14-8-10-17(11-9-14)15-6-4-13(3)5-7-15/h4-7,12,14,16H,8-11H2,1-3H3. The summed E-state index contributed by atoms with van der Waals surface area (Å²) < 4.78 is 0. The lowest BCUT2D eigenvalue weighted by atomic mass is 10.0. The molecule has 0 amide bonds. The van der Waals surface area contributed by atoms with Crippen LogP contribution in [0, 0.1) is 6.92 Å². The van der Waals surface area contributed by atoms with E-state index in [-0.39, 0.29) is 0 Å². The van der Waals surface area contributed by atoms with Gasteiger partial charge in [-0.05, 0) is 31.9 Å². The molecule has 0 atom stereocenters. The van der Waals surface area contributed by atoms with Crippen LogP contribution in [0.2, 0.25) is 0 Å². The summed E-state index contributed by atoms with van der Waals surface area (Å²) in [5, 5.41) is 3.64. The number of nitrogens with one attached hydrogen (secondary N) is 1.